The summed E-state index contributed by atoms with van der Waals surface area (Å²) in [5.74, 6) is 1.35. The lowest BCUT2D eigenvalue weighted by Gasteiger charge is -2.51. The molecule has 2 aliphatic rings. The number of benzene rings is 1. The number of nitrogens with zero attached hydrogens (tertiary/aromatic N) is 3. The smallest absolute Gasteiger partial charge is 0.373 e. The second-order valence-electron chi connectivity index (χ2n) is 8.13. The molecule has 0 spiro atoms. The van der Waals surface area contributed by atoms with Gasteiger partial charge in [0.05, 0.1) is 17.2 Å². The largest absolute Gasteiger partial charge is 0.512 e. The number of aromatic nitrogens is 1. The van der Waals surface area contributed by atoms with E-state index in [9.17, 15) is 0 Å². The summed E-state index contributed by atoms with van der Waals surface area (Å²) in [5.41, 5.74) is 4.08. The van der Waals surface area contributed by atoms with Crippen LogP contribution in [0.1, 0.15) is 46.1 Å². The average molecular weight is 334 g/mol. The van der Waals surface area contributed by atoms with Gasteiger partial charge in [0.1, 0.15) is 11.2 Å². The van der Waals surface area contributed by atoms with Gasteiger partial charge in [-0.3, -0.25) is 4.81 Å². The maximum absolute atomic E-state index is 2.59. The summed E-state index contributed by atoms with van der Waals surface area (Å²) in [4.78, 5) is 5.09. The number of fused-ring (bicyclic) bond motifs is 5. The predicted octanol–water partition coefficient (Wildman–Crippen LogP) is 4.67. The Kier molecular flexibility index (Phi) is 3.47. The van der Waals surface area contributed by atoms with E-state index in [1.807, 2.05) is 0 Å². The van der Waals surface area contributed by atoms with Crippen molar-refractivity contribution < 1.29 is 4.57 Å². The molecule has 1 aromatic carbocycles. The van der Waals surface area contributed by atoms with Crippen molar-refractivity contribution in [2.24, 2.45) is 0 Å². The fraction of sp³-hybridized carbons (Fsp3) is 0.476. The SMILES string of the molecule is CCC1(C)B2N(C)c3ccccc3N2c2c(C)ccc[n+]2C1(C)CC. The number of pyridine rings is 1. The highest BCUT2D eigenvalue weighted by atomic mass is 15.4. The molecule has 3 nitrogen and oxygen atoms in total. The highest BCUT2D eigenvalue weighted by Gasteiger charge is 2.69. The summed E-state index contributed by atoms with van der Waals surface area (Å²) in [5, 5.41) is 0.126. The summed E-state index contributed by atoms with van der Waals surface area (Å²) in [6.45, 7) is 12.2. The molecule has 0 bridgehead atoms. The summed E-state index contributed by atoms with van der Waals surface area (Å²) < 4.78 is 2.55. The summed E-state index contributed by atoms with van der Waals surface area (Å²) in [6.07, 6.45) is 4.54. The van der Waals surface area contributed by atoms with E-state index in [1.54, 1.807) is 0 Å². The van der Waals surface area contributed by atoms with Crippen LogP contribution in [0, 0.1) is 6.92 Å². The van der Waals surface area contributed by atoms with Gasteiger partial charge in [-0.15, -0.1) is 0 Å². The first kappa shape index (κ1) is 16.5. The topological polar surface area (TPSA) is 10.4 Å². The van der Waals surface area contributed by atoms with Crippen LogP contribution in [0.2, 0.25) is 5.31 Å². The maximum atomic E-state index is 2.59. The quantitative estimate of drug-likeness (QED) is 0.584. The average Bonchev–Trinajstić information content (AvgIpc) is 2.93. The molecule has 0 N–H and O–H groups in total. The van der Waals surface area contributed by atoms with Crippen molar-refractivity contribution in [3.63, 3.8) is 0 Å². The van der Waals surface area contributed by atoms with Crippen LogP contribution in [0.3, 0.4) is 0 Å². The Balaban J connectivity index is 2.10. The van der Waals surface area contributed by atoms with E-state index >= 15 is 0 Å². The molecular weight excluding hydrogens is 305 g/mol. The van der Waals surface area contributed by atoms with Crippen LogP contribution in [-0.4, -0.2) is 14.0 Å². The molecule has 4 heteroatoms. The molecule has 3 heterocycles. The van der Waals surface area contributed by atoms with Gasteiger partial charge in [-0.2, -0.15) is 0 Å². The van der Waals surface area contributed by atoms with Crippen molar-refractivity contribution in [1.29, 1.82) is 0 Å². The van der Waals surface area contributed by atoms with Crippen molar-refractivity contribution in [2.45, 2.75) is 58.3 Å². The van der Waals surface area contributed by atoms with Crippen LogP contribution in [-0.2, 0) is 5.54 Å². The molecule has 0 radical (unpaired) electrons. The lowest BCUT2D eigenvalue weighted by atomic mass is 9.39. The Morgan fingerprint density at radius 3 is 2.32 bits per heavy atom. The molecule has 2 aliphatic heterocycles. The van der Waals surface area contributed by atoms with Crippen LogP contribution in [0.25, 0.3) is 0 Å². The fourth-order valence-electron chi connectivity index (χ4n) is 5.35. The van der Waals surface area contributed by atoms with E-state index in [2.05, 4.69) is 98.5 Å². The van der Waals surface area contributed by atoms with Crippen molar-refractivity contribution in [1.82, 2.24) is 0 Å². The van der Waals surface area contributed by atoms with Gasteiger partial charge in [-0.1, -0.05) is 32.9 Å². The molecule has 0 saturated carbocycles. The van der Waals surface area contributed by atoms with Gasteiger partial charge in [0.25, 0.3) is 5.82 Å². The second kappa shape index (κ2) is 5.26. The highest BCUT2D eigenvalue weighted by Crippen LogP contribution is 2.59. The van der Waals surface area contributed by atoms with Crippen LogP contribution in [0.15, 0.2) is 42.6 Å². The molecule has 0 saturated heterocycles. The Morgan fingerprint density at radius 2 is 1.68 bits per heavy atom. The molecule has 25 heavy (non-hydrogen) atoms. The van der Waals surface area contributed by atoms with Gasteiger partial charge < -0.3 is 4.81 Å². The first-order valence-corrected chi connectivity index (χ1v) is 9.53. The van der Waals surface area contributed by atoms with Gasteiger partial charge in [0, 0.05) is 5.56 Å². The van der Waals surface area contributed by atoms with Crippen LogP contribution >= 0.6 is 0 Å². The molecule has 130 valence electrons. The minimum atomic E-state index is 0.0700. The van der Waals surface area contributed by atoms with E-state index in [4.69, 9.17) is 0 Å². The minimum Gasteiger partial charge on any atom is -0.373 e. The van der Waals surface area contributed by atoms with Crippen LogP contribution in [0.4, 0.5) is 17.2 Å². The molecule has 0 amide bonds. The third kappa shape index (κ3) is 1.80. The number of hydrogen-bond donors (Lipinski definition) is 0. The van der Waals surface area contributed by atoms with E-state index in [0.717, 1.165) is 12.8 Å². The molecule has 2 atom stereocenters. The maximum Gasteiger partial charge on any atom is 0.512 e. The van der Waals surface area contributed by atoms with Crippen molar-refractivity contribution in [3.8, 4) is 0 Å². The molecule has 2 unspecified atom stereocenters. The number of anilines is 3. The second-order valence-corrected chi connectivity index (χ2v) is 8.13. The van der Waals surface area contributed by atoms with Gasteiger partial charge >= 0.3 is 6.98 Å². The molecule has 0 aliphatic carbocycles. The van der Waals surface area contributed by atoms with E-state index < -0.39 is 0 Å². The van der Waals surface area contributed by atoms with E-state index in [-0.39, 0.29) is 10.9 Å². The lowest BCUT2D eigenvalue weighted by molar-refractivity contribution is -0.758. The predicted molar refractivity (Wildman–Crippen MR) is 107 cm³/mol. The number of aryl methyl sites for hydroxylation is 1. The zero-order chi connectivity index (χ0) is 18.0. The number of para-hydroxylation sites is 2. The van der Waals surface area contributed by atoms with Crippen molar-refractivity contribution in [2.75, 3.05) is 16.7 Å². The standard InChI is InChI=1S/C21H29BN3/c1-7-20(4)21(5,8-2)24-15-11-12-16(3)19(24)25-18-14-10-9-13-17(18)23(6)22(20)25/h9-15H,7-8H2,1-6H3/q+1. The number of hydrogen-bond acceptors (Lipinski definition) is 2. The summed E-state index contributed by atoms with van der Waals surface area (Å²) in [7, 11) is 2.27. The normalized spacial score (nSPS) is 27.2. The van der Waals surface area contributed by atoms with Gasteiger partial charge in [0.2, 0.25) is 0 Å². The minimum absolute atomic E-state index is 0.0700. The van der Waals surface area contributed by atoms with E-state index in [1.165, 1.54) is 22.8 Å². The summed E-state index contributed by atoms with van der Waals surface area (Å²) in [6, 6.07) is 13.3. The molecule has 4 rings (SSSR count). The Hall–Kier alpha value is -1.97. The first-order chi connectivity index (χ1) is 11.9. The van der Waals surface area contributed by atoms with Gasteiger partial charge in [0.15, 0.2) is 0 Å². The van der Waals surface area contributed by atoms with Crippen LogP contribution in [0.5, 0.6) is 0 Å². The molecule has 2 aromatic rings. The number of rotatable bonds is 2. The van der Waals surface area contributed by atoms with Crippen LogP contribution < -0.4 is 14.2 Å². The fourth-order valence-corrected chi connectivity index (χ4v) is 5.35. The third-order valence-corrected chi connectivity index (χ3v) is 7.28. The zero-order valence-electron chi connectivity index (χ0n) is 16.4. The molecule has 1 aromatic heterocycles. The third-order valence-electron chi connectivity index (χ3n) is 7.28. The zero-order valence-corrected chi connectivity index (χ0v) is 16.4. The molecular formula is C21H29BN3+. The van der Waals surface area contributed by atoms with Gasteiger partial charge in [-0.05, 0) is 58.0 Å². The van der Waals surface area contributed by atoms with E-state index in [0.29, 0.717) is 6.98 Å². The molecule has 0 fully saturated rings. The lowest BCUT2D eigenvalue weighted by Crippen LogP contribution is -2.74. The van der Waals surface area contributed by atoms with Crippen molar-refractivity contribution >= 4 is 24.2 Å². The Bertz CT molecular complexity index is 836. The Morgan fingerprint density at radius 1 is 1.00 bits per heavy atom. The first-order valence-electron chi connectivity index (χ1n) is 9.53. The highest BCUT2D eigenvalue weighted by molar-refractivity contribution is 6.74. The van der Waals surface area contributed by atoms with Crippen molar-refractivity contribution in [3.05, 3.63) is 48.2 Å². The van der Waals surface area contributed by atoms with Gasteiger partial charge in [-0.25, -0.2) is 4.57 Å². The summed E-state index contributed by atoms with van der Waals surface area (Å²) >= 11 is 0. The monoisotopic (exact) mass is 334 g/mol. The Labute approximate surface area is 152 Å².